The highest BCUT2D eigenvalue weighted by atomic mass is 35.5. The molecule has 0 saturated heterocycles. The quantitative estimate of drug-likeness (QED) is 0.832. The monoisotopic (exact) mass is 277 g/mol. The molecule has 0 saturated carbocycles. The molecule has 0 aliphatic carbocycles. The van der Waals surface area contributed by atoms with Gasteiger partial charge in [-0.25, -0.2) is 22.0 Å². The fourth-order valence-electron chi connectivity index (χ4n) is 1.16. The van der Waals surface area contributed by atoms with Crippen molar-refractivity contribution >= 4 is 12.4 Å². The lowest BCUT2D eigenvalue weighted by molar-refractivity contribution is -0.0726. The first-order valence-corrected chi connectivity index (χ1v) is 4.18. The third-order valence-corrected chi connectivity index (χ3v) is 2.02. The van der Waals surface area contributed by atoms with Crippen molar-refractivity contribution in [3.63, 3.8) is 0 Å². The summed E-state index contributed by atoms with van der Waals surface area (Å²) in [6.45, 7) is -1.66. The Morgan fingerprint density at radius 1 is 1.18 bits per heavy atom. The normalized spacial score (nSPS) is 13.1. The molecule has 1 atom stereocenters. The van der Waals surface area contributed by atoms with Crippen molar-refractivity contribution in [1.29, 1.82) is 0 Å². The van der Waals surface area contributed by atoms with Gasteiger partial charge >= 0.3 is 0 Å². The molecule has 3 N–H and O–H groups in total. The number of hydrogen-bond acceptors (Lipinski definition) is 2. The summed E-state index contributed by atoms with van der Waals surface area (Å²) >= 11 is 0. The molecule has 0 aromatic heterocycles. The zero-order chi connectivity index (χ0) is 12.5. The first-order chi connectivity index (χ1) is 7.29. The molecule has 0 radical (unpaired) electrons. The summed E-state index contributed by atoms with van der Waals surface area (Å²) in [6, 6.07) is -1.89. The largest absolute Gasteiger partial charge is 0.390 e. The predicted octanol–water partition coefficient (Wildman–Crippen LogP) is 2.15. The van der Waals surface area contributed by atoms with Crippen molar-refractivity contribution in [2.45, 2.75) is 12.0 Å². The third-order valence-electron chi connectivity index (χ3n) is 2.02. The Morgan fingerprint density at radius 2 is 1.59 bits per heavy atom. The zero-order valence-electron chi connectivity index (χ0n) is 8.26. The van der Waals surface area contributed by atoms with E-state index < -0.39 is 41.6 Å². The molecule has 2 nitrogen and oxygen atoms in total. The average Bonchev–Trinajstić information content (AvgIpc) is 2.15. The molecule has 8 heteroatoms. The van der Waals surface area contributed by atoms with Gasteiger partial charge < -0.3 is 10.8 Å². The van der Waals surface area contributed by atoms with Gasteiger partial charge in [-0.1, -0.05) is 0 Å². The number of alkyl halides is 2. The second kappa shape index (κ2) is 5.61. The van der Waals surface area contributed by atoms with Crippen LogP contribution in [-0.4, -0.2) is 17.6 Å². The van der Waals surface area contributed by atoms with Gasteiger partial charge in [0, 0.05) is 17.7 Å². The van der Waals surface area contributed by atoms with E-state index in [-0.39, 0.29) is 24.5 Å². The highest BCUT2D eigenvalue weighted by molar-refractivity contribution is 5.85. The van der Waals surface area contributed by atoms with E-state index in [9.17, 15) is 22.0 Å². The summed E-state index contributed by atoms with van der Waals surface area (Å²) in [7, 11) is 0. The van der Waals surface area contributed by atoms with E-state index in [2.05, 4.69) is 0 Å². The Labute approximate surface area is 99.6 Å². The van der Waals surface area contributed by atoms with Crippen molar-refractivity contribution in [3.8, 4) is 0 Å². The van der Waals surface area contributed by atoms with E-state index in [4.69, 9.17) is 10.8 Å². The molecule has 1 rings (SSSR count). The van der Waals surface area contributed by atoms with E-state index in [1.165, 1.54) is 0 Å². The Kier molecular flexibility index (Phi) is 5.31. The van der Waals surface area contributed by atoms with Gasteiger partial charge in [0.25, 0.3) is 5.92 Å². The SMILES string of the molecule is Cl.N[C@@H](c1c(F)cc(F)cc1F)C(F)(F)CO. The number of nitrogens with two attached hydrogens (primary N) is 1. The summed E-state index contributed by atoms with van der Waals surface area (Å²) in [5, 5.41) is 8.31. The second-order valence-electron chi connectivity index (χ2n) is 3.18. The molecule has 0 aliphatic heterocycles. The van der Waals surface area contributed by atoms with Gasteiger partial charge in [0.05, 0.1) is 0 Å². The molecule has 0 heterocycles. The summed E-state index contributed by atoms with van der Waals surface area (Å²) in [4.78, 5) is 0. The standard InChI is InChI=1S/C9H8F5NO.ClH/c10-4-1-5(11)7(6(12)2-4)8(15)9(13,14)3-16;/h1-2,8,16H,3,15H2;1H/t8-;/m0./s1. The molecule has 0 fully saturated rings. The van der Waals surface area contributed by atoms with Crippen molar-refractivity contribution in [2.75, 3.05) is 6.61 Å². The first-order valence-electron chi connectivity index (χ1n) is 4.18. The van der Waals surface area contributed by atoms with E-state index in [1.54, 1.807) is 0 Å². The molecule has 0 aliphatic rings. The molecular formula is C9H9ClF5NO. The molecule has 0 unspecified atom stereocenters. The molecule has 0 amide bonds. The highest BCUT2D eigenvalue weighted by Gasteiger charge is 2.40. The van der Waals surface area contributed by atoms with E-state index in [0.29, 0.717) is 0 Å². The van der Waals surface area contributed by atoms with Crippen LogP contribution in [0.4, 0.5) is 22.0 Å². The summed E-state index contributed by atoms with van der Waals surface area (Å²) < 4.78 is 64.4. The van der Waals surface area contributed by atoms with Gasteiger partial charge in [-0.2, -0.15) is 0 Å². The Balaban J connectivity index is 0.00000256. The maximum Gasteiger partial charge on any atom is 0.289 e. The minimum absolute atomic E-state index is 0. The van der Waals surface area contributed by atoms with Gasteiger partial charge in [-0.15, -0.1) is 12.4 Å². The van der Waals surface area contributed by atoms with Crippen LogP contribution in [0.25, 0.3) is 0 Å². The number of hydrogen-bond donors (Lipinski definition) is 2. The van der Waals surface area contributed by atoms with Crippen molar-refractivity contribution in [1.82, 2.24) is 0 Å². The molecule has 17 heavy (non-hydrogen) atoms. The van der Waals surface area contributed by atoms with E-state index in [0.717, 1.165) is 0 Å². The number of benzene rings is 1. The molecule has 0 bridgehead atoms. The maximum atomic E-state index is 13.1. The van der Waals surface area contributed by atoms with Crippen LogP contribution < -0.4 is 5.73 Å². The van der Waals surface area contributed by atoms with Gasteiger partial charge in [0.1, 0.15) is 30.1 Å². The maximum absolute atomic E-state index is 13.1. The highest BCUT2D eigenvalue weighted by Crippen LogP contribution is 2.32. The fourth-order valence-corrected chi connectivity index (χ4v) is 1.16. The number of aliphatic hydroxyl groups is 1. The van der Waals surface area contributed by atoms with Crippen LogP contribution in [0, 0.1) is 17.5 Å². The van der Waals surface area contributed by atoms with Crippen LogP contribution in [0.3, 0.4) is 0 Å². The zero-order valence-corrected chi connectivity index (χ0v) is 9.08. The first kappa shape index (κ1) is 16.1. The Bertz CT molecular complexity index is 378. The van der Waals surface area contributed by atoms with Gasteiger partial charge in [-0.3, -0.25) is 0 Å². The average molecular weight is 278 g/mol. The molecule has 0 spiro atoms. The van der Waals surface area contributed by atoms with Crippen LogP contribution in [0.1, 0.15) is 11.6 Å². The molecule has 1 aromatic rings. The number of aliphatic hydroxyl groups excluding tert-OH is 1. The Morgan fingerprint density at radius 3 is 1.94 bits per heavy atom. The summed E-state index contributed by atoms with van der Waals surface area (Å²) in [5.74, 6) is -8.16. The second-order valence-corrected chi connectivity index (χ2v) is 3.18. The third kappa shape index (κ3) is 3.27. The summed E-state index contributed by atoms with van der Waals surface area (Å²) in [6.07, 6.45) is 0. The lowest BCUT2D eigenvalue weighted by Crippen LogP contribution is -2.37. The fraction of sp³-hybridized carbons (Fsp3) is 0.333. The van der Waals surface area contributed by atoms with Crippen molar-refractivity contribution in [2.24, 2.45) is 5.73 Å². The van der Waals surface area contributed by atoms with Crippen LogP contribution in [0.2, 0.25) is 0 Å². The van der Waals surface area contributed by atoms with Gasteiger partial charge in [0.15, 0.2) is 0 Å². The van der Waals surface area contributed by atoms with Crippen LogP contribution in [0.15, 0.2) is 12.1 Å². The van der Waals surface area contributed by atoms with Crippen LogP contribution >= 0.6 is 12.4 Å². The van der Waals surface area contributed by atoms with Gasteiger partial charge in [0.2, 0.25) is 0 Å². The van der Waals surface area contributed by atoms with Gasteiger partial charge in [-0.05, 0) is 0 Å². The Hall–Kier alpha value is -0.920. The smallest absolute Gasteiger partial charge is 0.289 e. The minimum Gasteiger partial charge on any atom is -0.390 e. The minimum atomic E-state index is -3.89. The van der Waals surface area contributed by atoms with Crippen molar-refractivity contribution < 1.29 is 27.1 Å². The number of rotatable bonds is 3. The topological polar surface area (TPSA) is 46.2 Å². The van der Waals surface area contributed by atoms with Crippen LogP contribution in [0.5, 0.6) is 0 Å². The molecule has 98 valence electrons. The van der Waals surface area contributed by atoms with E-state index >= 15 is 0 Å². The summed E-state index contributed by atoms with van der Waals surface area (Å²) in [5.41, 5.74) is 3.77. The van der Waals surface area contributed by atoms with Crippen LogP contribution in [-0.2, 0) is 0 Å². The van der Waals surface area contributed by atoms with Crippen molar-refractivity contribution in [3.05, 3.63) is 35.1 Å². The number of halogens is 6. The molecular weight excluding hydrogens is 269 g/mol. The molecule has 1 aromatic carbocycles. The lowest BCUT2D eigenvalue weighted by Gasteiger charge is -2.22. The predicted molar refractivity (Wildman–Crippen MR) is 52.5 cm³/mol. The van der Waals surface area contributed by atoms with E-state index in [1.807, 2.05) is 0 Å². The lowest BCUT2D eigenvalue weighted by atomic mass is 10.0.